The van der Waals surface area contributed by atoms with Gasteiger partial charge in [-0.1, -0.05) is 100.0 Å². The number of hydrogen-bond donors (Lipinski definition) is 0. The van der Waals surface area contributed by atoms with Crippen LogP contribution in [0.4, 0.5) is 0 Å². The number of para-hydroxylation sites is 1. The van der Waals surface area contributed by atoms with Gasteiger partial charge in [-0.3, -0.25) is 4.98 Å². The lowest BCUT2D eigenvalue weighted by molar-refractivity contribution is 0.335. The zero-order valence-electron chi connectivity index (χ0n) is 23.5. The Morgan fingerprint density at radius 1 is 0.744 bits per heavy atom. The van der Waals surface area contributed by atoms with E-state index < -0.39 is 21.3 Å². The minimum absolute atomic E-state index is 0.471. The lowest BCUT2D eigenvalue weighted by Crippen LogP contribution is -2.47. The highest BCUT2D eigenvalue weighted by Crippen LogP contribution is 2.47. The van der Waals surface area contributed by atoms with Gasteiger partial charge in [0.05, 0.1) is 59.0 Å². The Bertz CT molecular complexity index is 1880. The standard InChI is InChI=1S/C33H28B4N2/c1-30(2,3)32(34,35)23-17-25(38-18-24(23)33(36,37)31(4,5)6)21-13-10-16-27-28(21)22-14-9-12-20-19-11-7-8-15-26(19)39(27)29(20)22/h8-10,12-18H,1-6H3. The Morgan fingerprint density at radius 3 is 2.08 bits per heavy atom. The molecule has 39 heavy (non-hydrogen) atoms. The van der Waals surface area contributed by atoms with Gasteiger partial charge in [0, 0.05) is 27.9 Å². The molecule has 0 N–H and O–H groups in total. The summed E-state index contributed by atoms with van der Waals surface area (Å²) in [6.45, 7) is 12.1. The summed E-state index contributed by atoms with van der Waals surface area (Å²) < 4.78 is 2.31. The van der Waals surface area contributed by atoms with E-state index in [2.05, 4.69) is 59.0 Å². The van der Waals surface area contributed by atoms with E-state index in [0.29, 0.717) is 11.1 Å². The van der Waals surface area contributed by atoms with Crippen LogP contribution < -0.4 is 0 Å². The van der Waals surface area contributed by atoms with Gasteiger partial charge in [0.25, 0.3) is 0 Å². The van der Waals surface area contributed by atoms with Crippen LogP contribution in [0.15, 0.2) is 60.8 Å². The van der Waals surface area contributed by atoms with Crippen LogP contribution in [0.5, 0.6) is 0 Å². The Balaban J connectivity index is 1.70. The van der Waals surface area contributed by atoms with Gasteiger partial charge in [-0.25, -0.2) is 0 Å². The van der Waals surface area contributed by atoms with Gasteiger partial charge in [0.2, 0.25) is 0 Å². The van der Waals surface area contributed by atoms with Crippen LogP contribution in [0.25, 0.3) is 49.4 Å². The molecule has 0 spiro atoms. The van der Waals surface area contributed by atoms with E-state index in [1.165, 1.54) is 5.52 Å². The molecule has 0 bridgehead atoms. The Kier molecular flexibility index (Phi) is 5.39. The molecular weight excluding hydrogens is 468 g/mol. The molecule has 0 aliphatic carbocycles. The van der Waals surface area contributed by atoms with Crippen molar-refractivity contribution in [1.82, 2.24) is 9.38 Å². The fourth-order valence-corrected chi connectivity index (χ4v) is 5.64. The van der Waals surface area contributed by atoms with Crippen molar-refractivity contribution < 1.29 is 0 Å². The van der Waals surface area contributed by atoms with E-state index in [4.69, 9.17) is 36.4 Å². The van der Waals surface area contributed by atoms with Crippen molar-refractivity contribution in [1.29, 1.82) is 0 Å². The highest BCUT2D eigenvalue weighted by Gasteiger charge is 2.41. The quantitative estimate of drug-likeness (QED) is 0.254. The lowest BCUT2D eigenvalue weighted by Gasteiger charge is -2.48. The second-order valence-electron chi connectivity index (χ2n) is 13.0. The van der Waals surface area contributed by atoms with Crippen LogP contribution in [0.3, 0.4) is 0 Å². The van der Waals surface area contributed by atoms with E-state index >= 15 is 0 Å². The average molecular weight is 496 g/mol. The van der Waals surface area contributed by atoms with Crippen molar-refractivity contribution in [2.75, 3.05) is 0 Å². The first-order valence-corrected chi connectivity index (χ1v) is 13.3. The third-order valence-electron chi connectivity index (χ3n) is 8.65. The monoisotopic (exact) mass is 496 g/mol. The normalized spacial score (nSPS) is 13.6. The molecule has 6 aromatic rings. The topological polar surface area (TPSA) is 17.3 Å². The van der Waals surface area contributed by atoms with Gasteiger partial charge in [-0.2, -0.15) is 0 Å². The number of hydrogen-bond acceptors (Lipinski definition) is 1. The molecule has 0 saturated heterocycles. The molecule has 0 amide bonds. The minimum Gasteiger partial charge on any atom is -0.307 e. The van der Waals surface area contributed by atoms with Crippen LogP contribution in [-0.4, -0.2) is 40.8 Å². The summed E-state index contributed by atoms with van der Waals surface area (Å²) in [5.41, 5.74) is 5.53. The van der Waals surface area contributed by atoms with E-state index in [1.54, 1.807) is 6.20 Å². The summed E-state index contributed by atoms with van der Waals surface area (Å²) in [5.74, 6) is 0. The summed E-state index contributed by atoms with van der Waals surface area (Å²) in [4.78, 5) is 4.94. The number of aromatic nitrogens is 2. The maximum atomic E-state index is 6.92. The fourth-order valence-electron chi connectivity index (χ4n) is 5.64. The minimum atomic E-state index is -1.22. The SMILES string of the molecule is [B]C([B])(c1cnc(-c2cccc3c2c2cccc4c5c#cccc5n3c42)cc1C([B])([B])C(C)(C)C)C(C)(C)C. The van der Waals surface area contributed by atoms with Crippen molar-refractivity contribution in [3.63, 3.8) is 0 Å². The molecule has 182 valence electrons. The second-order valence-corrected chi connectivity index (χ2v) is 13.0. The van der Waals surface area contributed by atoms with Gasteiger partial charge in [-0.05, 0) is 40.7 Å². The van der Waals surface area contributed by atoms with Crippen LogP contribution in [0.1, 0.15) is 52.7 Å². The molecule has 0 saturated carbocycles. The van der Waals surface area contributed by atoms with Gasteiger partial charge < -0.3 is 4.40 Å². The Morgan fingerprint density at radius 2 is 1.38 bits per heavy atom. The molecule has 0 atom stereocenters. The molecule has 3 aromatic carbocycles. The van der Waals surface area contributed by atoms with E-state index in [1.807, 2.05) is 53.7 Å². The number of benzene rings is 2. The second kappa shape index (κ2) is 8.11. The molecule has 0 fully saturated rings. The third-order valence-corrected chi connectivity index (χ3v) is 8.65. The first-order chi connectivity index (χ1) is 18.2. The van der Waals surface area contributed by atoms with E-state index in [0.717, 1.165) is 43.8 Å². The maximum absolute atomic E-state index is 6.92. The molecule has 8 radical (unpaired) electrons. The van der Waals surface area contributed by atoms with Crippen LogP contribution in [0.2, 0.25) is 0 Å². The Hall–Kier alpha value is -3.31. The molecule has 6 heteroatoms. The Labute approximate surface area is 236 Å². The molecule has 0 aliphatic heterocycles. The predicted molar refractivity (Wildman–Crippen MR) is 167 cm³/mol. The van der Waals surface area contributed by atoms with E-state index in [-0.39, 0.29) is 0 Å². The van der Waals surface area contributed by atoms with Crippen LogP contribution in [-0.2, 0) is 10.4 Å². The summed E-state index contributed by atoms with van der Waals surface area (Å²) >= 11 is 0. The zero-order valence-corrected chi connectivity index (χ0v) is 23.5. The van der Waals surface area contributed by atoms with Crippen molar-refractivity contribution in [2.24, 2.45) is 10.8 Å². The largest absolute Gasteiger partial charge is 0.307 e. The van der Waals surface area contributed by atoms with Gasteiger partial charge in [0.1, 0.15) is 0 Å². The van der Waals surface area contributed by atoms with E-state index in [9.17, 15) is 0 Å². The average Bonchev–Trinajstić information content (AvgIpc) is 3.39. The number of nitrogens with zero attached hydrogens (tertiary/aromatic N) is 2. The fraction of sp³-hybridized carbons (Fsp3) is 0.303. The van der Waals surface area contributed by atoms with Crippen molar-refractivity contribution in [3.8, 4) is 11.3 Å². The van der Waals surface area contributed by atoms with Crippen molar-refractivity contribution >= 4 is 69.5 Å². The highest BCUT2D eigenvalue weighted by atomic mass is 14.9. The number of fused-ring (bicyclic) bond motifs is 6. The van der Waals surface area contributed by atoms with Crippen molar-refractivity contribution in [2.45, 2.75) is 52.0 Å². The molecule has 0 unspecified atom stereocenters. The molecule has 2 nitrogen and oxygen atoms in total. The first-order valence-electron chi connectivity index (χ1n) is 13.3. The first kappa shape index (κ1) is 25.9. The lowest BCUT2D eigenvalue weighted by atomic mass is 9.35. The smallest absolute Gasteiger partial charge is 0.0711 e. The van der Waals surface area contributed by atoms with Gasteiger partial charge >= 0.3 is 0 Å². The van der Waals surface area contributed by atoms with Crippen LogP contribution in [0, 0.1) is 23.0 Å². The van der Waals surface area contributed by atoms with Gasteiger partial charge in [-0.15, -0.1) is 0 Å². The zero-order chi connectivity index (χ0) is 28.1. The predicted octanol–water partition coefficient (Wildman–Crippen LogP) is 6.57. The van der Waals surface area contributed by atoms with Crippen LogP contribution >= 0.6 is 0 Å². The molecule has 6 rings (SSSR count). The summed E-state index contributed by atoms with van der Waals surface area (Å²) in [5, 5.41) is 2.07. The number of pyridine rings is 1. The van der Waals surface area contributed by atoms with Crippen molar-refractivity contribution in [3.05, 3.63) is 84.1 Å². The third kappa shape index (κ3) is 3.52. The van der Waals surface area contributed by atoms with Gasteiger partial charge in [0.15, 0.2) is 0 Å². The molecule has 0 aliphatic rings. The summed E-state index contributed by atoms with van der Waals surface area (Å²) in [6.07, 6.45) is 1.77. The maximum Gasteiger partial charge on any atom is 0.0711 e. The summed E-state index contributed by atoms with van der Waals surface area (Å²) in [6, 6.07) is 25.2. The molecular formula is C33H28B4N2. The summed E-state index contributed by atoms with van der Waals surface area (Å²) in [7, 11) is 27.4. The highest BCUT2D eigenvalue weighted by molar-refractivity contribution is 6.43. The number of rotatable bonds is 3. The molecule has 3 heterocycles. The molecule has 3 aromatic heterocycles.